The molecule has 0 radical (unpaired) electrons. The van der Waals surface area contributed by atoms with Crippen LogP contribution in [0.2, 0.25) is 5.02 Å². The maximum atomic E-state index is 11.8. The van der Waals surface area contributed by atoms with Crippen molar-refractivity contribution in [2.75, 3.05) is 13.7 Å². The summed E-state index contributed by atoms with van der Waals surface area (Å²) < 4.78 is 16.2. The van der Waals surface area contributed by atoms with Crippen molar-refractivity contribution in [1.29, 1.82) is 0 Å². The highest BCUT2D eigenvalue weighted by Gasteiger charge is 2.02. The van der Waals surface area contributed by atoms with E-state index in [1.807, 2.05) is 48.5 Å². The van der Waals surface area contributed by atoms with Gasteiger partial charge in [-0.1, -0.05) is 29.8 Å². The molecule has 154 valence electrons. The third kappa shape index (κ3) is 6.53. The maximum Gasteiger partial charge on any atom is 0.277 e. The van der Waals surface area contributed by atoms with E-state index in [2.05, 4.69) is 10.5 Å². The van der Waals surface area contributed by atoms with Gasteiger partial charge in [-0.05, 0) is 60.2 Å². The first-order valence-electron chi connectivity index (χ1n) is 9.19. The summed E-state index contributed by atoms with van der Waals surface area (Å²) in [6.45, 7) is 0.246. The molecule has 0 unspecified atom stereocenters. The first kappa shape index (κ1) is 21.2. The van der Waals surface area contributed by atoms with Crippen LogP contribution in [-0.4, -0.2) is 25.8 Å². The van der Waals surface area contributed by atoms with Gasteiger partial charge in [-0.3, -0.25) is 4.79 Å². The van der Waals surface area contributed by atoms with Crippen molar-refractivity contribution in [2.45, 2.75) is 6.61 Å². The van der Waals surface area contributed by atoms with Crippen LogP contribution in [-0.2, 0) is 11.4 Å². The van der Waals surface area contributed by atoms with Crippen molar-refractivity contribution >= 4 is 23.7 Å². The lowest BCUT2D eigenvalue weighted by Crippen LogP contribution is -2.24. The fourth-order valence-electron chi connectivity index (χ4n) is 2.46. The first-order valence-corrected chi connectivity index (χ1v) is 9.57. The van der Waals surface area contributed by atoms with Gasteiger partial charge in [0.05, 0.1) is 13.3 Å². The molecular formula is C23H21ClN2O4. The number of nitrogens with zero attached hydrogens (tertiary/aromatic N) is 1. The summed E-state index contributed by atoms with van der Waals surface area (Å²) in [7, 11) is 1.59. The summed E-state index contributed by atoms with van der Waals surface area (Å²) in [5.41, 5.74) is 4.16. The molecule has 3 aromatic carbocycles. The molecule has 3 aromatic rings. The van der Waals surface area contributed by atoms with Crippen LogP contribution in [0.3, 0.4) is 0 Å². The SMILES string of the molecule is COc1ccc(OCC(=O)N/N=C\c2ccc(OCc3ccccc3Cl)cc2)cc1. The van der Waals surface area contributed by atoms with E-state index in [-0.39, 0.29) is 12.5 Å². The van der Waals surface area contributed by atoms with E-state index in [0.29, 0.717) is 23.1 Å². The smallest absolute Gasteiger partial charge is 0.277 e. The molecule has 1 amide bonds. The molecule has 1 N–H and O–H groups in total. The molecule has 0 aromatic heterocycles. The minimum Gasteiger partial charge on any atom is -0.497 e. The number of carbonyl (C=O) groups is 1. The number of methoxy groups -OCH3 is 1. The lowest BCUT2D eigenvalue weighted by molar-refractivity contribution is -0.123. The second-order valence-corrected chi connectivity index (χ2v) is 6.61. The van der Waals surface area contributed by atoms with E-state index >= 15 is 0 Å². The lowest BCUT2D eigenvalue weighted by atomic mass is 10.2. The van der Waals surface area contributed by atoms with Crippen LogP contribution < -0.4 is 19.6 Å². The van der Waals surface area contributed by atoms with E-state index in [9.17, 15) is 4.79 Å². The minimum atomic E-state index is -0.359. The molecule has 30 heavy (non-hydrogen) atoms. The van der Waals surface area contributed by atoms with Crippen LogP contribution in [0.4, 0.5) is 0 Å². The Kier molecular flexibility index (Phi) is 7.69. The lowest BCUT2D eigenvalue weighted by Gasteiger charge is -2.08. The van der Waals surface area contributed by atoms with Crippen LogP contribution in [0.25, 0.3) is 0 Å². The Bertz CT molecular complexity index is 989. The quantitative estimate of drug-likeness (QED) is 0.407. The van der Waals surface area contributed by atoms with E-state index in [4.69, 9.17) is 25.8 Å². The summed E-state index contributed by atoms with van der Waals surface area (Å²) in [6, 6.07) is 21.8. The van der Waals surface area contributed by atoms with Crippen molar-refractivity contribution < 1.29 is 19.0 Å². The molecule has 0 aliphatic heterocycles. The third-order valence-electron chi connectivity index (χ3n) is 4.06. The second kappa shape index (κ2) is 10.9. The van der Waals surface area contributed by atoms with Gasteiger partial charge in [-0.2, -0.15) is 5.10 Å². The van der Waals surface area contributed by atoms with Crippen molar-refractivity contribution in [3.63, 3.8) is 0 Å². The predicted octanol–water partition coefficient (Wildman–Crippen LogP) is 4.46. The zero-order chi connectivity index (χ0) is 21.2. The average molecular weight is 425 g/mol. The molecule has 0 atom stereocenters. The van der Waals surface area contributed by atoms with Crippen LogP contribution in [0.5, 0.6) is 17.2 Å². The Morgan fingerprint density at radius 3 is 2.27 bits per heavy atom. The highest BCUT2D eigenvalue weighted by molar-refractivity contribution is 6.31. The van der Waals surface area contributed by atoms with Crippen molar-refractivity contribution in [3.05, 3.63) is 88.9 Å². The Morgan fingerprint density at radius 1 is 0.933 bits per heavy atom. The molecule has 0 spiro atoms. The van der Waals surface area contributed by atoms with Crippen molar-refractivity contribution in [1.82, 2.24) is 5.43 Å². The molecule has 7 heteroatoms. The number of ether oxygens (including phenoxy) is 3. The fraction of sp³-hybridized carbons (Fsp3) is 0.130. The van der Waals surface area contributed by atoms with Gasteiger partial charge in [0.25, 0.3) is 5.91 Å². The summed E-state index contributed by atoms with van der Waals surface area (Å²) >= 11 is 6.12. The van der Waals surface area contributed by atoms with Crippen LogP contribution in [0, 0.1) is 0 Å². The van der Waals surface area contributed by atoms with E-state index in [1.54, 1.807) is 37.6 Å². The number of nitrogens with one attached hydrogen (secondary N) is 1. The summed E-state index contributed by atoms with van der Waals surface area (Å²) in [6.07, 6.45) is 1.54. The van der Waals surface area contributed by atoms with E-state index < -0.39 is 0 Å². The number of halogens is 1. The van der Waals surface area contributed by atoms with Gasteiger partial charge in [0.15, 0.2) is 6.61 Å². The topological polar surface area (TPSA) is 69.2 Å². The Morgan fingerprint density at radius 2 is 1.57 bits per heavy atom. The number of rotatable bonds is 9. The monoisotopic (exact) mass is 424 g/mol. The van der Waals surface area contributed by atoms with Crippen LogP contribution in [0.1, 0.15) is 11.1 Å². The number of hydrazone groups is 1. The zero-order valence-corrected chi connectivity index (χ0v) is 17.1. The average Bonchev–Trinajstić information content (AvgIpc) is 2.78. The second-order valence-electron chi connectivity index (χ2n) is 6.21. The largest absolute Gasteiger partial charge is 0.497 e. The van der Waals surface area contributed by atoms with Crippen LogP contribution in [0.15, 0.2) is 77.9 Å². The third-order valence-corrected chi connectivity index (χ3v) is 4.43. The van der Waals surface area contributed by atoms with Gasteiger partial charge in [0, 0.05) is 10.6 Å². The van der Waals surface area contributed by atoms with Gasteiger partial charge in [0.2, 0.25) is 0 Å². The molecule has 6 nitrogen and oxygen atoms in total. The van der Waals surface area contributed by atoms with Crippen molar-refractivity contribution in [2.24, 2.45) is 5.10 Å². The number of amides is 1. The maximum absolute atomic E-state index is 11.8. The van der Waals surface area contributed by atoms with Crippen molar-refractivity contribution in [3.8, 4) is 17.2 Å². The molecule has 0 saturated heterocycles. The molecular weight excluding hydrogens is 404 g/mol. The molecule has 0 aliphatic rings. The Labute approximate surface area is 180 Å². The normalized spacial score (nSPS) is 10.6. The summed E-state index contributed by atoms with van der Waals surface area (Å²) in [5, 5.41) is 4.61. The predicted molar refractivity (Wildman–Crippen MR) is 116 cm³/mol. The van der Waals surface area contributed by atoms with Gasteiger partial charge >= 0.3 is 0 Å². The molecule has 0 fully saturated rings. The van der Waals surface area contributed by atoms with Crippen LogP contribution >= 0.6 is 11.6 Å². The number of carbonyl (C=O) groups excluding carboxylic acids is 1. The standard InChI is InChI=1S/C23H21ClN2O4/c1-28-19-10-12-21(13-11-19)30-16-23(27)26-25-14-17-6-8-20(9-7-17)29-15-18-4-2-3-5-22(18)24/h2-14H,15-16H2,1H3,(H,26,27)/b25-14-. The Balaban J connectivity index is 1.42. The highest BCUT2D eigenvalue weighted by atomic mass is 35.5. The number of hydrogen-bond acceptors (Lipinski definition) is 5. The summed E-state index contributed by atoms with van der Waals surface area (Å²) in [4.78, 5) is 11.8. The van der Waals surface area contributed by atoms with E-state index in [0.717, 1.165) is 16.9 Å². The number of hydrogen-bond donors (Lipinski definition) is 1. The van der Waals surface area contributed by atoms with Gasteiger partial charge < -0.3 is 14.2 Å². The highest BCUT2D eigenvalue weighted by Crippen LogP contribution is 2.19. The molecule has 3 rings (SSSR count). The first-order chi connectivity index (χ1) is 14.6. The number of benzene rings is 3. The molecule has 0 saturated carbocycles. The molecule has 0 heterocycles. The van der Waals surface area contributed by atoms with Gasteiger partial charge in [-0.15, -0.1) is 0 Å². The minimum absolute atomic E-state index is 0.140. The molecule has 0 bridgehead atoms. The Hall–Kier alpha value is -3.51. The zero-order valence-electron chi connectivity index (χ0n) is 16.4. The van der Waals surface area contributed by atoms with Gasteiger partial charge in [0.1, 0.15) is 23.9 Å². The fourth-order valence-corrected chi connectivity index (χ4v) is 2.65. The molecule has 0 aliphatic carbocycles. The van der Waals surface area contributed by atoms with E-state index in [1.165, 1.54) is 0 Å². The van der Waals surface area contributed by atoms with Gasteiger partial charge in [-0.25, -0.2) is 5.43 Å². The summed E-state index contributed by atoms with van der Waals surface area (Å²) in [5.74, 6) is 1.64.